The van der Waals surface area contributed by atoms with Crippen molar-refractivity contribution < 1.29 is 17.9 Å². The first-order valence-electron chi connectivity index (χ1n) is 8.40. The van der Waals surface area contributed by atoms with E-state index < -0.39 is 21.2 Å². The molecular weight excluding hydrogens is 350 g/mol. The number of benzene rings is 1. The lowest BCUT2D eigenvalue weighted by atomic mass is 10.0. The van der Waals surface area contributed by atoms with Gasteiger partial charge in [-0.1, -0.05) is 30.3 Å². The molecule has 1 saturated carbocycles. The summed E-state index contributed by atoms with van der Waals surface area (Å²) in [6.45, 7) is 0.315. The highest BCUT2D eigenvalue weighted by Gasteiger charge is 2.54. The average Bonchev–Trinajstić information content (AvgIpc) is 3.16. The summed E-state index contributed by atoms with van der Waals surface area (Å²) in [5.41, 5.74) is 1.26. The van der Waals surface area contributed by atoms with Gasteiger partial charge in [0.05, 0.1) is 6.61 Å². The van der Waals surface area contributed by atoms with Crippen LogP contribution in [-0.2, 0) is 25.2 Å². The van der Waals surface area contributed by atoms with Crippen LogP contribution < -0.4 is 0 Å². The fraction of sp³-hybridized carbons (Fsp3) is 0.588. The van der Waals surface area contributed by atoms with E-state index in [1.165, 1.54) is 5.56 Å². The molecule has 1 saturated heterocycles. The van der Waals surface area contributed by atoms with Gasteiger partial charge in [-0.2, -0.15) is 12.7 Å². The smallest absolute Gasteiger partial charge is 0.324 e. The topological polar surface area (TPSA) is 63.7 Å². The van der Waals surface area contributed by atoms with Crippen molar-refractivity contribution in [1.29, 1.82) is 0 Å². The Hall–Kier alpha value is -1.11. The van der Waals surface area contributed by atoms with E-state index in [9.17, 15) is 13.2 Å². The van der Waals surface area contributed by atoms with E-state index in [-0.39, 0.29) is 12.0 Å². The van der Waals surface area contributed by atoms with E-state index in [1.807, 2.05) is 18.2 Å². The average molecular weight is 372 g/mol. The Labute approximate surface area is 147 Å². The molecule has 2 bridgehead atoms. The second-order valence-electron chi connectivity index (χ2n) is 6.55. The molecule has 1 aliphatic heterocycles. The third kappa shape index (κ3) is 3.92. The first-order valence-corrected chi connectivity index (χ1v) is 10.7. The van der Waals surface area contributed by atoms with Crippen molar-refractivity contribution in [2.75, 3.05) is 6.61 Å². The Kier molecular flexibility index (Phi) is 5.47. The first-order chi connectivity index (χ1) is 11.5. The number of nitrogens with zero attached hydrogens (tertiary/aromatic N) is 1. The van der Waals surface area contributed by atoms with Crippen molar-refractivity contribution in [2.24, 2.45) is 5.92 Å². The number of rotatable bonds is 7. The molecule has 0 aromatic heterocycles. The molecule has 7 heteroatoms. The quantitative estimate of drug-likeness (QED) is 0.420. The van der Waals surface area contributed by atoms with Crippen LogP contribution in [0, 0.1) is 5.92 Å². The Morgan fingerprint density at radius 3 is 2.67 bits per heavy atom. The fourth-order valence-electron chi connectivity index (χ4n) is 3.89. The molecule has 3 rings (SSSR count). The zero-order chi connectivity index (χ0) is 17.2. The molecule has 132 valence electrons. The van der Waals surface area contributed by atoms with Gasteiger partial charge < -0.3 is 4.74 Å². The molecule has 5 nitrogen and oxygen atoms in total. The Morgan fingerprint density at radius 1 is 1.21 bits per heavy atom. The van der Waals surface area contributed by atoms with Crippen molar-refractivity contribution in [2.45, 2.75) is 50.6 Å². The number of ether oxygens (including phenoxy) is 1. The highest BCUT2D eigenvalue weighted by Crippen LogP contribution is 2.45. The van der Waals surface area contributed by atoms with Gasteiger partial charge in [-0.25, -0.2) is 0 Å². The number of hydrogen-bond acceptors (Lipinski definition) is 4. The van der Waals surface area contributed by atoms with Crippen LogP contribution in [0.3, 0.4) is 0 Å². The minimum absolute atomic E-state index is 0.0420. The summed E-state index contributed by atoms with van der Waals surface area (Å²) in [5.74, 6) is -0.411. The molecule has 3 unspecified atom stereocenters. The molecule has 3 atom stereocenters. The lowest BCUT2D eigenvalue weighted by Crippen LogP contribution is -2.48. The Balaban J connectivity index is 1.46. The molecule has 1 aromatic rings. The normalized spacial score (nSPS) is 26.6. The van der Waals surface area contributed by atoms with E-state index in [1.54, 1.807) is 0 Å². The van der Waals surface area contributed by atoms with Crippen LogP contribution in [0.15, 0.2) is 30.3 Å². The maximum atomic E-state index is 12.3. The number of esters is 1. The molecule has 1 heterocycles. The summed E-state index contributed by atoms with van der Waals surface area (Å²) in [6.07, 6.45) is 4.97. The standard InChI is InChI=1S/C17H22ClNO4S/c18-24(21,22)19-15-10-9-14(12-15)16(19)17(20)23-11-5-4-8-13-6-2-1-3-7-13/h1-3,6-7,14-16H,4-5,8-12H2. The number of carbonyl (C=O) groups is 1. The number of fused-ring (bicyclic) bond motifs is 2. The lowest BCUT2D eigenvalue weighted by molar-refractivity contribution is -0.149. The minimum atomic E-state index is -3.89. The minimum Gasteiger partial charge on any atom is -0.464 e. The number of hydrogen-bond donors (Lipinski definition) is 0. The number of carbonyl (C=O) groups excluding carboxylic acids is 1. The highest BCUT2D eigenvalue weighted by atomic mass is 35.7. The van der Waals surface area contributed by atoms with E-state index in [0.717, 1.165) is 36.4 Å². The molecule has 2 fully saturated rings. The van der Waals surface area contributed by atoms with Crippen molar-refractivity contribution >= 4 is 25.9 Å². The molecule has 2 aliphatic rings. The van der Waals surface area contributed by atoms with E-state index >= 15 is 0 Å². The highest BCUT2D eigenvalue weighted by molar-refractivity contribution is 8.11. The maximum absolute atomic E-state index is 12.3. The number of piperidine rings is 1. The molecule has 0 spiro atoms. The number of unbranched alkanes of at least 4 members (excludes halogenated alkanes) is 1. The van der Waals surface area contributed by atoms with E-state index in [0.29, 0.717) is 13.0 Å². The lowest BCUT2D eigenvalue weighted by Gasteiger charge is -2.30. The Morgan fingerprint density at radius 2 is 1.96 bits per heavy atom. The van der Waals surface area contributed by atoms with Crippen LogP contribution in [0.25, 0.3) is 0 Å². The zero-order valence-corrected chi connectivity index (χ0v) is 15.0. The van der Waals surface area contributed by atoms with Gasteiger partial charge >= 0.3 is 15.2 Å². The molecule has 0 radical (unpaired) electrons. The second-order valence-corrected chi connectivity index (χ2v) is 8.97. The number of aryl methyl sites for hydroxylation is 1. The van der Waals surface area contributed by atoms with Crippen LogP contribution in [0.1, 0.15) is 37.7 Å². The molecule has 1 aromatic carbocycles. The predicted octanol–water partition coefficient (Wildman–Crippen LogP) is 2.89. The van der Waals surface area contributed by atoms with Gasteiger partial charge in [0, 0.05) is 16.7 Å². The molecule has 0 amide bonds. The van der Waals surface area contributed by atoms with Crippen molar-refractivity contribution in [3.8, 4) is 0 Å². The van der Waals surface area contributed by atoms with E-state index in [2.05, 4.69) is 12.1 Å². The van der Waals surface area contributed by atoms with Crippen molar-refractivity contribution in [3.05, 3.63) is 35.9 Å². The summed E-state index contributed by atoms with van der Waals surface area (Å²) >= 11 is 0. The number of halogens is 1. The monoisotopic (exact) mass is 371 g/mol. The van der Waals surface area contributed by atoms with Crippen LogP contribution in [0.2, 0.25) is 0 Å². The second kappa shape index (κ2) is 7.42. The Bertz CT molecular complexity index is 679. The predicted molar refractivity (Wildman–Crippen MR) is 91.9 cm³/mol. The van der Waals surface area contributed by atoms with E-state index in [4.69, 9.17) is 15.4 Å². The van der Waals surface area contributed by atoms with Gasteiger partial charge in [0.2, 0.25) is 0 Å². The largest absolute Gasteiger partial charge is 0.464 e. The maximum Gasteiger partial charge on any atom is 0.324 e. The molecule has 24 heavy (non-hydrogen) atoms. The summed E-state index contributed by atoms with van der Waals surface area (Å²) < 4.78 is 30.0. The van der Waals surface area contributed by atoms with Crippen LogP contribution in [-0.4, -0.2) is 37.4 Å². The third-order valence-corrected chi connectivity index (χ3v) is 6.47. The first kappa shape index (κ1) is 17.7. The SMILES string of the molecule is O=C(OCCCCc1ccccc1)C1C2CCC(C2)N1S(=O)(=O)Cl. The summed E-state index contributed by atoms with van der Waals surface area (Å²) in [7, 11) is 1.62. The zero-order valence-electron chi connectivity index (χ0n) is 13.4. The van der Waals surface area contributed by atoms with Gasteiger partial charge in [0.15, 0.2) is 0 Å². The molecule has 1 aliphatic carbocycles. The fourth-order valence-corrected chi connectivity index (χ4v) is 5.56. The van der Waals surface area contributed by atoms with Crippen molar-refractivity contribution in [3.63, 3.8) is 0 Å². The van der Waals surface area contributed by atoms with Gasteiger partial charge in [0.25, 0.3) is 0 Å². The third-order valence-electron chi connectivity index (χ3n) is 4.97. The molecular formula is C17H22ClNO4S. The summed E-state index contributed by atoms with van der Waals surface area (Å²) in [4.78, 5) is 12.3. The van der Waals surface area contributed by atoms with Gasteiger partial charge in [-0.3, -0.25) is 4.79 Å². The van der Waals surface area contributed by atoms with Gasteiger partial charge in [0.1, 0.15) is 6.04 Å². The van der Waals surface area contributed by atoms with Gasteiger partial charge in [-0.05, 0) is 50.0 Å². The van der Waals surface area contributed by atoms with Crippen LogP contribution in [0.4, 0.5) is 0 Å². The van der Waals surface area contributed by atoms with Gasteiger partial charge in [-0.15, -0.1) is 0 Å². The van der Waals surface area contributed by atoms with Crippen LogP contribution >= 0.6 is 10.7 Å². The van der Waals surface area contributed by atoms with Crippen LogP contribution in [0.5, 0.6) is 0 Å². The summed E-state index contributed by atoms with van der Waals surface area (Å²) in [6, 6.07) is 9.26. The van der Waals surface area contributed by atoms with Crippen molar-refractivity contribution in [1.82, 2.24) is 4.31 Å². The summed E-state index contributed by atoms with van der Waals surface area (Å²) in [5, 5.41) is 0. The molecule has 0 N–H and O–H groups in total.